The van der Waals surface area contributed by atoms with E-state index in [1.165, 1.54) is 14.2 Å². The van der Waals surface area contributed by atoms with Crippen LogP contribution in [-0.2, 0) is 18.9 Å². The van der Waals surface area contributed by atoms with E-state index in [4.69, 9.17) is 14.2 Å². The van der Waals surface area contributed by atoms with Crippen LogP contribution in [0.4, 0.5) is 0 Å². The van der Waals surface area contributed by atoms with Crippen molar-refractivity contribution in [3.63, 3.8) is 0 Å². The highest BCUT2D eigenvalue weighted by molar-refractivity contribution is 4.54. The smallest absolute Gasteiger partial charge is 0.307 e. The van der Waals surface area contributed by atoms with Gasteiger partial charge >= 0.3 is 5.97 Å². The minimum Gasteiger partial charge on any atom is -0.371 e. The van der Waals surface area contributed by atoms with Crippen LogP contribution in [0.3, 0.4) is 0 Å². The Morgan fingerprint density at radius 1 is 1.27 bits per heavy atom. The molecule has 0 aliphatic heterocycles. The van der Waals surface area contributed by atoms with Crippen LogP contribution in [0.5, 0.6) is 0 Å². The lowest BCUT2D eigenvalue weighted by Gasteiger charge is -2.28. The third-order valence-corrected chi connectivity index (χ3v) is 1.22. The standard InChI is InChI=1S/C7H14O4/c1-5-11-7(9-3,10-4)6-8-2/h1-2,5-6H2,3-4H3. The fourth-order valence-electron chi connectivity index (χ4n) is 0.641. The predicted octanol–water partition coefficient (Wildman–Crippen LogP) is 0.592. The molecular weight excluding hydrogens is 148 g/mol. The second-order valence-corrected chi connectivity index (χ2v) is 1.79. The van der Waals surface area contributed by atoms with Gasteiger partial charge in [-0.15, -0.1) is 0 Å². The van der Waals surface area contributed by atoms with Crippen LogP contribution in [0.25, 0.3) is 0 Å². The van der Waals surface area contributed by atoms with Gasteiger partial charge in [0.2, 0.25) is 0 Å². The SMILES string of the molecule is [CH2]COC(CO[CH2])(OC)OC. The Morgan fingerprint density at radius 3 is 2.09 bits per heavy atom. The molecule has 0 aromatic carbocycles. The number of methoxy groups -OCH3 is 2. The first-order valence-electron chi connectivity index (χ1n) is 3.15. The first kappa shape index (κ1) is 10.8. The van der Waals surface area contributed by atoms with Gasteiger partial charge in [-0.2, -0.15) is 0 Å². The molecule has 0 aromatic heterocycles. The summed E-state index contributed by atoms with van der Waals surface area (Å²) in [6.07, 6.45) is 0. The first-order chi connectivity index (χ1) is 5.24. The van der Waals surface area contributed by atoms with E-state index < -0.39 is 5.97 Å². The van der Waals surface area contributed by atoms with Gasteiger partial charge in [0.05, 0.1) is 13.7 Å². The lowest BCUT2D eigenvalue weighted by atomic mass is 10.6. The third kappa shape index (κ3) is 3.16. The zero-order chi connectivity index (χ0) is 8.74. The number of ether oxygens (including phenoxy) is 4. The van der Waals surface area contributed by atoms with Crippen molar-refractivity contribution in [3.8, 4) is 0 Å². The van der Waals surface area contributed by atoms with Crippen molar-refractivity contribution in [1.82, 2.24) is 0 Å². The molecule has 66 valence electrons. The Kier molecular flexibility index (Phi) is 5.41. The average molecular weight is 162 g/mol. The van der Waals surface area contributed by atoms with E-state index >= 15 is 0 Å². The summed E-state index contributed by atoms with van der Waals surface area (Å²) in [5.41, 5.74) is 0. The molecule has 0 saturated carbocycles. The molecule has 0 saturated heterocycles. The van der Waals surface area contributed by atoms with E-state index in [0.29, 0.717) is 0 Å². The van der Waals surface area contributed by atoms with E-state index in [9.17, 15) is 0 Å². The second-order valence-electron chi connectivity index (χ2n) is 1.79. The summed E-state index contributed by atoms with van der Waals surface area (Å²) in [6.45, 7) is 3.84. The highest BCUT2D eigenvalue weighted by Gasteiger charge is 2.30. The van der Waals surface area contributed by atoms with Gasteiger partial charge in [0.25, 0.3) is 0 Å². The maximum atomic E-state index is 5.05. The van der Waals surface area contributed by atoms with Crippen LogP contribution in [0, 0.1) is 14.0 Å². The monoisotopic (exact) mass is 162 g/mol. The molecule has 0 aliphatic rings. The van der Waals surface area contributed by atoms with E-state index in [0.717, 1.165) is 0 Å². The van der Waals surface area contributed by atoms with Gasteiger partial charge in [-0.25, -0.2) is 0 Å². The molecule has 0 rings (SSSR count). The van der Waals surface area contributed by atoms with Crippen LogP contribution in [0.15, 0.2) is 0 Å². The van der Waals surface area contributed by atoms with Gasteiger partial charge < -0.3 is 18.9 Å². The zero-order valence-electron chi connectivity index (χ0n) is 6.96. The molecule has 0 aliphatic carbocycles. The normalized spacial score (nSPS) is 12.0. The molecule has 0 amide bonds. The van der Waals surface area contributed by atoms with Crippen molar-refractivity contribution >= 4 is 0 Å². The van der Waals surface area contributed by atoms with Crippen molar-refractivity contribution in [3.05, 3.63) is 14.0 Å². The maximum absolute atomic E-state index is 5.05. The molecule has 11 heavy (non-hydrogen) atoms. The summed E-state index contributed by atoms with van der Waals surface area (Å²) >= 11 is 0. The molecule has 0 bridgehead atoms. The van der Waals surface area contributed by atoms with Gasteiger partial charge in [0, 0.05) is 14.2 Å². The predicted molar refractivity (Wildman–Crippen MR) is 39.4 cm³/mol. The molecule has 0 N–H and O–H groups in total. The fraction of sp³-hybridized carbons (Fsp3) is 0.714. The van der Waals surface area contributed by atoms with Gasteiger partial charge in [-0.05, 0) is 6.92 Å². The molecule has 0 unspecified atom stereocenters. The molecule has 0 spiro atoms. The molecular formula is C7H14O4. The van der Waals surface area contributed by atoms with Gasteiger partial charge in [0.15, 0.2) is 0 Å². The quantitative estimate of drug-likeness (QED) is 0.536. The highest BCUT2D eigenvalue weighted by Crippen LogP contribution is 2.12. The summed E-state index contributed by atoms with van der Waals surface area (Å²) in [5.74, 6) is -1.16. The lowest BCUT2D eigenvalue weighted by molar-refractivity contribution is -0.370. The Hall–Kier alpha value is -0.160. The van der Waals surface area contributed by atoms with Gasteiger partial charge in [-0.1, -0.05) is 0 Å². The molecule has 0 atom stereocenters. The van der Waals surface area contributed by atoms with E-state index in [-0.39, 0.29) is 13.2 Å². The van der Waals surface area contributed by atoms with Crippen molar-refractivity contribution in [1.29, 1.82) is 0 Å². The summed E-state index contributed by atoms with van der Waals surface area (Å²) in [4.78, 5) is 0. The first-order valence-corrected chi connectivity index (χ1v) is 3.15. The molecule has 4 nitrogen and oxygen atoms in total. The van der Waals surface area contributed by atoms with Crippen LogP contribution in [0.1, 0.15) is 0 Å². The third-order valence-electron chi connectivity index (χ3n) is 1.22. The Bertz CT molecular complexity index is 82.4. The largest absolute Gasteiger partial charge is 0.371 e. The van der Waals surface area contributed by atoms with E-state index in [1.54, 1.807) is 0 Å². The van der Waals surface area contributed by atoms with Gasteiger partial charge in [0.1, 0.15) is 6.61 Å². The number of rotatable bonds is 6. The summed E-state index contributed by atoms with van der Waals surface area (Å²) < 4.78 is 19.5. The Labute approximate surface area is 67.4 Å². The van der Waals surface area contributed by atoms with Crippen molar-refractivity contribution in [2.75, 3.05) is 27.4 Å². The lowest BCUT2D eigenvalue weighted by Crippen LogP contribution is -2.41. The zero-order valence-corrected chi connectivity index (χ0v) is 6.96. The minimum absolute atomic E-state index is 0.107. The molecule has 4 heteroatoms. The van der Waals surface area contributed by atoms with Crippen LogP contribution >= 0.6 is 0 Å². The van der Waals surface area contributed by atoms with Gasteiger partial charge in [-0.3, -0.25) is 0 Å². The molecule has 0 heterocycles. The van der Waals surface area contributed by atoms with Crippen molar-refractivity contribution < 1.29 is 18.9 Å². The van der Waals surface area contributed by atoms with Crippen molar-refractivity contribution in [2.24, 2.45) is 0 Å². The summed E-state index contributed by atoms with van der Waals surface area (Å²) in [6, 6.07) is 0. The maximum Gasteiger partial charge on any atom is 0.307 e. The topological polar surface area (TPSA) is 36.9 Å². The second kappa shape index (κ2) is 5.49. The summed E-state index contributed by atoms with van der Waals surface area (Å²) in [7, 11) is 6.10. The molecule has 2 radical (unpaired) electrons. The van der Waals surface area contributed by atoms with E-state index in [1.807, 2.05) is 0 Å². The highest BCUT2D eigenvalue weighted by atomic mass is 16.9. The average Bonchev–Trinajstić information content (AvgIpc) is 2.04. The number of hydrogen-bond acceptors (Lipinski definition) is 4. The van der Waals surface area contributed by atoms with Crippen LogP contribution in [0.2, 0.25) is 0 Å². The number of hydrogen-bond donors (Lipinski definition) is 0. The molecule has 0 aromatic rings. The van der Waals surface area contributed by atoms with E-state index in [2.05, 4.69) is 18.8 Å². The summed E-state index contributed by atoms with van der Waals surface area (Å²) in [5, 5.41) is 0. The van der Waals surface area contributed by atoms with Crippen LogP contribution in [-0.4, -0.2) is 33.4 Å². The van der Waals surface area contributed by atoms with Crippen LogP contribution < -0.4 is 0 Å². The Morgan fingerprint density at radius 2 is 1.82 bits per heavy atom. The Balaban J connectivity index is 3.96. The molecule has 0 fully saturated rings. The van der Waals surface area contributed by atoms with Crippen molar-refractivity contribution in [2.45, 2.75) is 5.97 Å². The fourth-order valence-corrected chi connectivity index (χ4v) is 0.641. The minimum atomic E-state index is -1.16.